The molecular weight excluding hydrogens is 176 g/mol. The minimum absolute atomic E-state index is 0.225. The van der Waals surface area contributed by atoms with Gasteiger partial charge < -0.3 is 9.21 Å². The minimum atomic E-state index is 0.225. The van der Waals surface area contributed by atoms with E-state index in [1.165, 1.54) is 6.42 Å². The molecule has 0 spiro atoms. The van der Waals surface area contributed by atoms with Gasteiger partial charge in [0.25, 0.3) is 0 Å². The lowest BCUT2D eigenvalue weighted by molar-refractivity contribution is -0.117. The molecule has 1 aliphatic carbocycles. The van der Waals surface area contributed by atoms with E-state index in [-0.39, 0.29) is 5.78 Å². The van der Waals surface area contributed by atoms with Crippen molar-refractivity contribution >= 4 is 5.78 Å². The summed E-state index contributed by atoms with van der Waals surface area (Å²) in [5.41, 5.74) is 0. The predicted octanol–water partition coefficient (Wildman–Crippen LogP) is 2.92. The number of Topliss-reactive ketones (excluding diaryl/α,β-unsaturated/α-hetero) is 1. The molecule has 1 fully saturated rings. The first-order valence-electron chi connectivity index (χ1n) is 5.25. The number of carbonyl (C=O) groups excluding carboxylic acids is 1. The second-order valence-corrected chi connectivity index (χ2v) is 4.33. The van der Waals surface area contributed by atoms with Gasteiger partial charge in [-0.2, -0.15) is 0 Å². The van der Waals surface area contributed by atoms with Crippen molar-refractivity contribution in [3.63, 3.8) is 0 Å². The van der Waals surface area contributed by atoms with Gasteiger partial charge in [-0.3, -0.25) is 0 Å². The molecular formula is C12H16O2. The molecule has 0 N–H and O–H groups in total. The quantitative estimate of drug-likeness (QED) is 0.734. The van der Waals surface area contributed by atoms with E-state index in [4.69, 9.17) is 4.42 Å². The van der Waals surface area contributed by atoms with Crippen LogP contribution >= 0.6 is 0 Å². The minimum Gasteiger partial charge on any atom is -0.466 e. The normalized spacial score (nSPS) is 25.0. The molecule has 1 aromatic heterocycles. The third kappa shape index (κ3) is 2.06. The zero-order chi connectivity index (χ0) is 10.1. The van der Waals surface area contributed by atoms with Gasteiger partial charge in [0, 0.05) is 18.8 Å². The van der Waals surface area contributed by atoms with Gasteiger partial charge in [0.05, 0.1) is 0 Å². The summed E-state index contributed by atoms with van der Waals surface area (Å²) < 4.78 is 5.68. The number of aryl methyl sites for hydroxylation is 1. The first kappa shape index (κ1) is 9.50. The standard InChI is InChI=1S/C12H16O2/c1-8-7-11(8)12-6-5-10(14-12)4-3-9(2)13/h5-6,8,11H,3-4,7H2,1-2H3. The smallest absolute Gasteiger partial charge is 0.130 e. The highest BCUT2D eigenvalue weighted by Gasteiger charge is 2.36. The van der Waals surface area contributed by atoms with Gasteiger partial charge in [-0.05, 0) is 31.4 Å². The highest BCUT2D eigenvalue weighted by atomic mass is 16.3. The molecule has 76 valence electrons. The third-order valence-corrected chi connectivity index (χ3v) is 2.88. The van der Waals surface area contributed by atoms with E-state index >= 15 is 0 Å². The van der Waals surface area contributed by atoms with Crippen molar-refractivity contribution in [1.29, 1.82) is 0 Å². The van der Waals surface area contributed by atoms with Crippen LogP contribution in [0.25, 0.3) is 0 Å². The van der Waals surface area contributed by atoms with E-state index in [1.807, 2.05) is 6.07 Å². The fourth-order valence-electron chi connectivity index (χ4n) is 1.75. The van der Waals surface area contributed by atoms with Crippen LogP contribution in [0.5, 0.6) is 0 Å². The average Bonchev–Trinajstić information content (AvgIpc) is 2.68. The van der Waals surface area contributed by atoms with Gasteiger partial charge >= 0.3 is 0 Å². The van der Waals surface area contributed by atoms with E-state index in [9.17, 15) is 4.79 Å². The molecule has 0 amide bonds. The Morgan fingerprint density at radius 3 is 2.86 bits per heavy atom. The summed E-state index contributed by atoms with van der Waals surface area (Å²) in [6.45, 7) is 3.86. The van der Waals surface area contributed by atoms with Crippen LogP contribution in [-0.2, 0) is 11.2 Å². The summed E-state index contributed by atoms with van der Waals surface area (Å²) >= 11 is 0. The molecule has 2 nitrogen and oxygen atoms in total. The maximum absolute atomic E-state index is 10.8. The molecule has 2 rings (SSSR count). The second kappa shape index (κ2) is 3.60. The monoisotopic (exact) mass is 192 g/mol. The zero-order valence-corrected chi connectivity index (χ0v) is 8.75. The van der Waals surface area contributed by atoms with Crippen LogP contribution in [0.3, 0.4) is 0 Å². The van der Waals surface area contributed by atoms with Crippen LogP contribution in [0.2, 0.25) is 0 Å². The molecule has 0 aliphatic heterocycles. The van der Waals surface area contributed by atoms with Crippen LogP contribution in [-0.4, -0.2) is 5.78 Å². The predicted molar refractivity (Wildman–Crippen MR) is 54.2 cm³/mol. The molecule has 0 bridgehead atoms. The van der Waals surface area contributed by atoms with Crippen molar-refractivity contribution in [2.45, 2.75) is 39.0 Å². The molecule has 2 unspecified atom stereocenters. The Balaban J connectivity index is 1.93. The molecule has 0 radical (unpaired) electrons. The lowest BCUT2D eigenvalue weighted by Crippen LogP contribution is -1.92. The zero-order valence-electron chi connectivity index (χ0n) is 8.75. The van der Waals surface area contributed by atoms with Crippen LogP contribution in [0.1, 0.15) is 44.1 Å². The molecule has 1 saturated carbocycles. The van der Waals surface area contributed by atoms with Crippen molar-refractivity contribution in [3.05, 3.63) is 23.7 Å². The second-order valence-electron chi connectivity index (χ2n) is 4.33. The van der Waals surface area contributed by atoms with Crippen molar-refractivity contribution in [3.8, 4) is 0 Å². The van der Waals surface area contributed by atoms with Gasteiger partial charge in [0.2, 0.25) is 0 Å². The highest BCUT2D eigenvalue weighted by molar-refractivity contribution is 5.75. The summed E-state index contributed by atoms with van der Waals surface area (Å²) in [5.74, 6) is 3.70. The number of furan rings is 1. The summed E-state index contributed by atoms with van der Waals surface area (Å²) in [5, 5.41) is 0. The molecule has 0 saturated heterocycles. The lowest BCUT2D eigenvalue weighted by atomic mass is 10.2. The van der Waals surface area contributed by atoms with E-state index in [0.717, 1.165) is 23.9 Å². The van der Waals surface area contributed by atoms with Gasteiger partial charge in [0.15, 0.2) is 0 Å². The fourth-order valence-corrected chi connectivity index (χ4v) is 1.75. The topological polar surface area (TPSA) is 30.2 Å². The fraction of sp³-hybridized carbons (Fsp3) is 0.583. The van der Waals surface area contributed by atoms with Gasteiger partial charge in [-0.15, -0.1) is 0 Å². The van der Waals surface area contributed by atoms with Crippen LogP contribution < -0.4 is 0 Å². The van der Waals surface area contributed by atoms with Gasteiger partial charge in [0.1, 0.15) is 17.3 Å². The number of hydrogen-bond acceptors (Lipinski definition) is 2. The van der Waals surface area contributed by atoms with E-state index in [1.54, 1.807) is 6.92 Å². The molecule has 2 heteroatoms. The summed E-state index contributed by atoms with van der Waals surface area (Å²) in [4.78, 5) is 10.8. The Bertz CT molecular complexity index is 338. The number of hydrogen-bond donors (Lipinski definition) is 0. The maximum atomic E-state index is 10.8. The highest BCUT2D eigenvalue weighted by Crippen LogP contribution is 2.47. The lowest BCUT2D eigenvalue weighted by Gasteiger charge is -1.94. The molecule has 0 aromatic carbocycles. The van der Waals surface area contributed by atoms with Gasteiger partial charge in [-0.25, -0.2) is 0 Å². The largest absolute Gasteiger partial charge is 0.466 e. The number of ketones is 1. The molecule has 1 aromatic rings. The summed E-state index contributed by atoms with van der Waals surface area (Å²) in [6, 6.07) is 4.06. The van der Waals surface area contributed by atoms with E-state index < -0.39 is 0 Å². The van der Waals surface area contributed by atoms with Gasteiger partial charge in [-0.1, -0.05) is 6.92 Å². The van der Waals surface area contributed by atoms with E-state index in [0.29, 0.717) is 12.3 Å². The number of carbonyl (C=O) groups is 1. The summed E-state index contributed by atoms with van der Waals surface area (Å²) in [7, 11) is 0. The van der Waals surface area contributed by atoms with Crippen LogP contribution in [0, 0.1) is 5.92 Å². The first-order chi connectivity index (χ1) is 6.66. The molecule has 1 heterocycles. The maximum Gasteiger partial charge on any atom is 0.130 e. The first-order valence-corrected chi connectivity index (χ1v) is 5.25. The molecule has 2 atom stereocenters. The Kier molecular flexibility index (Phi) is 2.44. The molecule has 14 heavy (non-hydrogen) atoms. The van der Waals surface area contributed by atoms with Crippen LogP contribution in [0.4, 0.5) is 0 Å². The van der Waals surface area contributed by atoms with Crippen molar-refractivity contribution < 1.29 is 9.21 Å². The van der Waals surface area contributed by atoms with Crippen molar-refractivity contribution in [2.24, 2.45) is 5.92 Å². The number of rotatable bonds is 4. The van der Waals surface area contributed by atoms with Crippen molar-refractivity contribution in [1.82, 2.24) is 0 Å². The Hall–Kier alpha value is -1.05. The Morgan fingerprint density at radius 2 is 2.29 bits per heavy atom. The van der Waals surface area contributed by atoms with Crippen LogP contribution in [0.15, 0.2) is 16.5 Å². The van der Waals surface area contributed by atoms with Crippen molar-refractivity contribution in [2.75, 3.05) is 0 Å². The molecule has 1 aliphatic rings. The SMILES string of the molecule is CC(=O)CCc1ccc(C2CC2C)o1. The summed E-state index contributed by atoms with van der Waals surface area (Å²) in [6.07, 6.45) is 2.59. The average molecular weight is 192 g/mol. The third-order valence-electron chi connectivity index (χ3n) is 2.88. The Morgan fingerprint density at radius 1 is 1.57 bits per heavy atom. The Labute approximate surface area is 84.3 Å². The van der Waals surface area contributed by atoms with E-state index in [2.05, 4.69) is 13.0 Å².